The largest absolute Gasteiger partial charge is 0.381 e. The van der Waals surface area contributed by atoms with Gasteiger partial charge in [0, 0.05) is 25.8 Å². The van der Waals surface area contributed by atoms with E-state index in [1.807, 2.05) is 19.1 Å². The van der Waals surface area contributed by atoms with Gasteiger partial charge in [0.1, 0.15) is 4.90 Å². The van der Waals surface area contributed by atoms with Crippen LogP contribution in [0.1, 0.15) is 13.3 Å². The Hall–Kier alpha value is -1.34. The van der Waals surface area contributed by atoms with Gasteiger partial charge < -0.3 is 5.73 Å². The first-order valence-corrected chi connectivity index (χ1v) is 6.97. The predicted molar refractivity (Wildman–Crippen MR) is 64.8 cm³/mol. The van der Waals surface area contributed by atoms with Crippen LogP contribution < -0.4 is 5.73 Å². The van der Waals surface area contributed by atoms with Crippen molar-refractivity contribution in [2.24, 2.45) is 0 Å². The molecule has 2 heterocycles. The van der Waals surface area contributed by atoms with E-state index in [-0.39, 0.29) is 10.7 Å². The molecule has 94 valence electrons. The van der Waals surface area contributed by atoms with Crippen molar-refractivity contribution < 1.29 is 8.42 Å². The molecule has 2 rings (SSSR count). The number of hydrogen-bond donors (Lipinski definition) is 1. The Balaban J connectivity index is 2.36. The Morgan fingerprint density at radius 3 is 2.76 bits per heavy atom. The first-order valence-electron chi connectivity index (χ1n) is 5.53. The molecular weight excluding hydrogens is 240 g/mol. The molecule has 0 saturated heterocycles. The van der Waals surface area contributed by atoms with E-state index >= 15 is 0 Å². The highest BCUT2D eigenvalue weighted by atomic mass is 32.2. The minimum absolute atomic E-state index is 0.0707. The van der Waals surface area contributed by atoms with Crippen molar-refractivity contribution in [1.29, 1.82) is 0 Å². The maximum atomic E-state index is 12.3. The maximum Gasteiger partial charge on any atom is 0.248 e. The molecule has 0 fully saturated rings. The third-order valence-corrected chi connectivity index (χ3v) is 4.60. The summed E-state index contributed by atoms with van der Waals surface area (Å²) >= 11 is 0. The van der Waals surface area contributed by atoms with Crippen LogP contribution in [0.5, 0.6) is 0 Å². The Kier molecular flexibility index (Phi) is 3.21. The highest BCUT2D eigenvalue weighted by molar-refractivity contribution is 7.89. The Bertz CT molecular complexity index is 533. The summed E-state index contributed by atoms with van der Waals surface area (Å²) in [5.74, 6) is 0.0707. The molecule has 0 radical (unpaired) electrons. The molecule has 1 aliphatic heterocycles. The molecule has 17 heavy (non-hydrogen) atoms. The van der Waals surface area contributed by atoms with Gasteiger partial charge >= 0.3 is 0 Å². The Morgan fingerprint density at radius 2 is 2.24 bits per heavy atom. The molecule has 0 atom stereocenters. The third-order valence-electron chi connectivity index (χ3n) is 2.72. The van der Waals surface area contributed by atoms with Crippen molar-refractivity contribution >= 4 is 15.8 Å². The predicted octanol–water partition coefficient (Wildman–Crippen LogP) is 0.436. The number of nitrogens with zero attached hydrogens (tertiary/aromatic N) is 3. The second-order valence-corrected chi connectivity index (χ2v) is 5.76. The summed E-state index contributed by atoms with van der Waals surface area (Å²) in [6.45, 7) is 3.38. The summed E-state index contributed by atoms with van der Waals surface area (Å²) in [6, 6.07) is 0. The van der Waals surface area contributed by atoms with Gasteiger partial charge in [0.15, 0.2) is 5.82 Å². The van der Waals surface area contributed by atoms with Gasteiger partial charge in [0.05, 0.1) is 0 Å². The molecule has 7 heteroatoms. The molecule has 2 N–H and O–H groups in total. The van der Waals surface area contributed by atoms with Gasteiger partial charge in [-0.25, -0.2) is 8.42 Å². The van der Waals surface area contributed by atoms with E-state index in [0.29, 0.717) is 19.6 Å². The van der Waals surface area contributed by atoms with E-state index in [0.717, 1.165) is 6.42 Å². The summed E-state index contributed by atoms with van der Waals surface area (Å²) in [5, 5.41) is 3.96. The average Bonchev–Trinajstić information content (AvgIpc) is 2.72. The molecule has 0 bridgehead atoms. The Morgan fingerprint density at radius 1 is 1.47 bits per heavy atom. The lowest BCUT2D eigenvalue weighted by atomic mass is 10.3. The van der Waals surface area contributed by atoms with Crippen molar-refractivity contribution in [3.63, 3.8) is 0 Å². The first-order chi connectivity index (χ1) is 8.05. The van der Waals surface area contributed by atoms with Crippen LogP contribution in [0.2, 0.25) is 0 Å². The van der Waals surface area contributed by atoms with E-state index in [2.05, 4.69) is 5.10 Å². The van der Waals surface area contributed by atoms with E-state index in [1.165, 1.54) is 15.2 Å². The SMILES string of the molecule is CCn1cc(S(=O)(=O)N2CC=CCC2)c(N)n1. The maximum absolute atomic E-state index is 12.3. The monoisotopic (exact) mass is 256 g/mol. The van der Waals surface area contributed by atoms with Crippen LogP contribution >= 0.6 is 0 Å². The molecule has 0 amide bonds. The van der Waals surface area contributed by atoms with Gasteiger partial charge in [0.2, 0.25) is 10.0 Å². The van der Waals surface area contributed by atoms with Crippen LogP contribution in [-0.4, -0.2) is 35.6 Å². The van der Waals surface area contributed by atoms with Crippen LogP contribution in [0.3, 0.4) is 0 Å². The van der Waals surface area contributed by atoms with Crippen molar-refractivity contribution in [3.8, 4) is 0 Å². The number of hydrogen-bond acceptors (Lipinski definition) is 4. The molecule has 0 aliphatic carbocycles. The fraction of sp³-hybridized carbons (Fsp3) is 0.500. The zero-order chi connectivity index (χ0) is 12.5. The van der Waals surface area contributed by atoms with Gasteiger partial charge in [-0.15, -0.1) is 0 Å². The highest BCUT2D eigenvalue weighted by Gasteiger charge is 2.28. The van der Waals surface area contributed by atoms with Crippen LogP contribution in [0.4, 0.5) is 5.82 Å². The highest BCUT2D eigenvalue weighted by Crippen LogP contribution is 2.22. The lowest BCUT2D eigenvalue weighted by molar-refractivity contribution is 0.437. The van der Waals surface area contributed by atoms with E-state index in [1.54, 1.807) is 0 Å². The number of anilines is 1. The van der Waals surface area contributed by atoms with Gasteiger partial charge in [-0.3, -0.25) is 4.68 Å². The normalized spacial score (nSPS) is 17.5. The number of nitrogens with two attached hydrogens (primary N) is 1. The zero-order valence-electron chi connectivity index (χ0n) is 9.70. The topological polar surface area (TPSA) is 81.2 Å². The molecule has 1 aromatic heterocycles. The van der Waals surface area contributed by atoms with Crippen molar-refractivity contribution in [2.75, 3.05) is 18.8 Å². The van der Waals surface area contributed by atoms with Crippen LogP contribution in [0, 0.1) is 0 Å². The average molecular weight is 256 g/mol. The van der Waals surface area contributed by atoms with E-state index < -0.39 is 10.0 Å². The minimum atomic E-state index is -3.51. The fourth-order valence-corrected chi connectivity index (χ4v) is 3.22. The molecular formula is C10H16N4O2S. The lowest BCUT2D eigenvalue weighted by Crippen LogP contribution is -2.34. The number of aromatic nitrogens is 2. The van der Waals surface area contributed by atoms with Gasteiger partial charge in [-0.1, -0.05) is 12.2 Å². The summed E-state index contributed by atoms with van der Waals surface area (Å²) < 4.78 is 27.5. The van der Waals surface area contributed by atoms with Crippen LogP contribution in [-0.2, 0) is 16.6 Å². The molecule has 0 unspecified atom stereocenters. The van der Waals surface area contributed by atoms with Crippen molar-refractivity contribution in [2.45, 2.75) is 24.8 Å². The van der Waals surface area contributed by atoms with Crippen LogP contribution in [0.25, 0.3) is 0 Å². The quantitative estimate of drug-likeness (QED) is 0.795. The number of rotatable bonds is 3. The van der Waals surface area contributed by atoms with Crippen LogP contribution in [0.15, 0.2) is 23.2 Å². The van der Waals surface area contributed by atoms with Gasteiger partial charge in [-0.2, -0.15) is 9.40 Å². The van der Waals surface area contributed by atoms with Gasteiger partial charge in [0.25, 0.3) is 0 Å². The second-order valence-electron chi connectivity index (χ2n) is 3.86. The zero-order valence-corrected chi connectivity index (χ0v) is 10.5. The van der Waals surface area contributed by atoms with Crippen molar-refractivity contribution in [1.82, 2.24) is 14.1 Å². The summed E-state index contributed by atoms with van der Waals surface area (Å²) in [4.78, 5) is 0.106. The summed E-state index contributed by atoms with van der Waals surface area (Å²) in [7, 11) is -3.51. The second kappa shape index (κ2) is 4.50. The third kappa shape index (κ3) is 2.20. The van der Waals surface area contributed by atoms with Gasteiger partial charge in [-0.05, 0) is 13.3 Å². The fourth-order valence-electron chi connectivity index (χ4n) is 1.76. The van der Waals surface area contributed by atoms with Crippen molar-refractivity contribution in [3.05, 3.63) is 18.3 Å². The number of sulfonamides is 1. The molecule has 0 saturated carbocycles. The molecule has 1 aromatic rings. The van der Waals surface area contributed by atoms with E-state index in [9.17, 15) is 8.42 Å². The summed E-state index contributed by atoms with van der Waals surface area (Å²) in [6.07, 6.45) is 6.05. The Labute approximate surface area is 101 Å². The molecule has 0 aromatic carbocycles. The minimum Gasteiger partial charge on any atom is -0.381 e. The summed E-state index contributed by atoms with van der Waals surface area (Å²) in [5.41, 5.74) is 5.65. The lowest BCUT2D eigenvalue weighted by Gasteiger charge is -2.21. The molecule has 6 nitrogen and oxygen atoms in total. The molecule has 1 aliphatic rings. The standard InChI is InChI=1S/C10H16N4O2S/c1-2-13-8-9(10(11)12-13)17(15,16)14-6-4-3-5-7-14/h3-4,8H,2,5-7H2,1H3,(H2,11,12). The first kappa shape index (κ1) is 12.1. The smallest absolute Gasteiger partial charge is 0.248 e. The molecule has 0 spiro atoms. The number of aryl methyl sites for hydroxylation is 1. The number of nitrogen functional groups attached to an aromatic ring is 1. The van der Waals surface area contributed by atoms with E-state index in [4.69, 9.17) is 5.73 Å².